The van der Waals surface area contributed by atoms with Gasteiger partial charge in [-0.15, -0.1) is 0 Å². The highest BCUT2D eigenvalue weighted by molar-refractivity contribution is 5.94. The minimum Gasteiger partial charge on any atom is -0.338 e. The van der Waals surface area contributed by atoms with E-state index in [0.29, 0.717) is 43.5 Å². The van der Waals surface area contributed by atoms with E-state index in [1.54, 1.807) is 17.0 Å². The van der Waals surface area contributed by atoms with Gasteiger partial charge in [-0.25, -0.2) is 4.39 Å². The summed E-state index contributed by atoms with van der Waals surface area (Å²) in [6.07, 6.45) is 0.834. The van der Waals surface area contributed by atoms with E-state index in [2.05, 4.69) is 15.0 Å². The molecular weight excluding hydrogens is 359 g/mol. The van der Waals surface area contributed by atoms with Crippen LogP contribution in [0.5, 0.6) is 0 Å². The zero-order valence-corrected chi connectivity index (χ0v) is 15.4. The lowest BCUT2D eigenvalue weighted by molar-refractivity contribution is 0.0760. The lowest BCUT2D eigenvalue weighted by Gasteiger charge is -2.21. The van der Waals surface area contributed by atoms with Crippen LogP contribution < -0.4 is 0 Å². The average Bonchev–Trinajstić information content (AvgIpc) is 3.06. The van der Waals surface area contributed by atoms with E-state index in [-0.39, 0.29) is 5.91 Å². The van der Waals surface area contributed by atoms with Gasteiger partial charge >= 0.3 is 0 Å². The normalized spacial score (nSPS) is 15.4. The van der Waals surface area contributed by atoms with Crippen LogP contribution in [0.2, 0.25) is 0 Å². The minimum absolute atomic E-state index is 0.134. The number of halogens is 1. The molecule has 0 radical (unpaired) electrons. The second-order valence-corrected chi connectivity index (χ2v) is 6.81. The first-order chi connectivity index (χ1) is 13.7. The number of hydrogen-bond acceptors (Lipinski definition) is 5. The second kappa shape index (κ2) is 8.31. The van der Waals surface area contributed by atoms with E-state index >= 15 is 0 Å². The van der Waals surface area contributed by atoms with Crippen LogP contribution in [0.15, 0.2) is 59.1 Å². The predicted molar refractivity (Wildman–Crippen MR) is 102 cm³/mol. The van der Waals surface area contributed by atoms with Gasteiger partial charge in [0, 0.05) is 37.3 Å². The molecule has 7 heteroatoms. The third kappa shape index (κ3) is 4.26. The number of nitrogens with zero attached hydrogens (tertiary/aromatic N) is 4. The lowest BCUT2D eigenvalue weighted by Crippen LogP contribution is -2.35. The zero-order chi connectivity index (χ0) is 19.3. The van der Waals surface area contributed by atoms with Crippen molar-refractivity contribution in [3.63, 3.8) is 0 Å². The Bertz CT molecular complexity index is 944. The van der Waals surface area contributed by atoms with Gasteiger partial charge in [-0.1, -0.05) is 41.6 Å². The molecule has 1 amide bonds. The first-order valence-electron chi connectivity index (χ1n) is 9.34. The summed E-state index contributed by atoms with van der Waals surface area (Å²) in [5.74, 6) is 0.607. The molecular formula is C21H21FN4O2. The van der Waals surface area contributed by atoms with Gasteiger partial charge in [0.2, 0.25) is 11.7 Å². The molecule has 0 unspecified atom stereocenters. The van der Waals surface area contributed by atoms with Crippen molar-refractivity contribution >= 4 is 5.91 Å². The molecule has 1 aliphatic heterocycles. The highest BCUT2D eigenvalue weighted by Gasteiger charge is 2.22. The van der Waals surface area contributed by atoms with Crippen LogP contribution >= 0.6 is 0 Å². The molecule has 0 N–H and O–H groups in total. The third-order valence-electron chi connectivity index (χ3n) is 4.81. The van der Waals surface area contributed by atoms with Gasteiger partial charge in [-0.2, -0.15) is 4.98 Å². The summed E-state index contributed by atoms with van der Waals surface area (Å²) >= 11 is 0. The van der Waals surface area contributed by atoms with Crippen molar-refractivity contribution in [2.24, 2.45) is 0 Å². The summed E-state index contributed by atoms with van der Waals surface area (Å²) in [5, 5.41) is 4.05. The van der Waals surface area contributed by atoms with Gasteiger partial charge in [0.25, 0.3) is 5.91 Å². The largest absolute Gasteiger partial charge is 0.338 e. The molecule has 4 rings (SSSR count). The number of benzene rings is 2. The van der Waals surface area contributed by atoms with Crippen molar-refractivity contribution in [3.05, 3.63) is 71.9 Å². The Morgan fingerprint density at radius 1 is 1.04 bits per heavy atom. The maximum atomic E-state index is 13.4. The van der Waals surface area contributed by atoms with Gasteiger partial charge in [0.15, 0.2) is 0 Å². The van der Waals surface area contributed by atoms with E-state index in [9.17, 15) is 9.18 Å². The fraction of sp³-hybridized carbons (Fsp3) is 0.286. The molecule has 1 aliphatic rings. The first-order valence-corrected chi connectivity index (χ1v) is 9.34. The molecule has 6 nitrogen and oxygen atoms in total. The third-order valence-corrected chi connectivity index (χ3v) is 4.81. The molecule has 1 fully saturated rings. The highest BCUT2D eigenvalue weighted by atomic mass is 19.1. The van der Waals surface area contributed by atoms with E-state index in [1.165, 1.54) is 12.1 Å². The van der Waals surface area contributed by atoms with Gasteiger partial charge in [-0.3, -0.25) is 9.69 Å². The Morgan fingerprint density at radius 3 is 2.71 bits per heavy atom. The minimum atomic E-state index is -0.395. The van der Waals surface area contributed by atoms with Crippen LogP contribution in [0.25, 0.3) is 11.4 Å². The topological polar surface area (TPSA) is 62.5 Å². The van der Waals surface area contributed by atoms with Crippen molar-refractivity contribution < 1.29 is 13.7 Å². The van der Waals surface area contributed by atoms with Crippen LogP contribution in [-0.4, -0.2) is 52.0 Å². The summed E-state index contributed by atoms with van der Waals surface area (Å²) in [5.41, 5.74) is 1.30. The molecule has 28 heavy (non-hydrogen) atoms. The fourth-order valence-corrected chi connectivity index (χ4v) is 3.35. The molecule has 2 aromatic carbocycles. The molecule has 1 aromatic heterocycles. The first kappa shape index (κ1) is 18.3. The summed E-state index contributed by atoms with van der Waals surface area (Å²) in [4.78, 5) is 21.1. The van der Waals surface area contributed by atoms with Crippen molar-refractivity contribution in [2.75, 3.05) is 26.2 Å². The fourth-order valence-electron chi connectivity index (χ4n) is 3.35. The molecule has 3 aromatic rings. The second-order valence-electron chi connectivity index (χ2n) is 6.81. The van der Waals surface area contributed by atoms with Gasteiger partial charge in [0.05, 0.1) is 6.54 Å². The monoisotopic (exact) mass is 380 g/mol. The Morgan fingerprint density at radius 2 is 1.89 bits per heavy atom. The summed E-state index contributed by atoms with van der Waals surface area (Å²) in [6, 6.07) is 15.5. The maximum absolute atomic E-state index is 13.4. The van der Waals surface area contributed by atoms with Crippen LogP contribution in [0.4, 0.5) is 4.39 Å². The molecule has 1 saturated heterocycles. The maximum Gasteiger partial charge on any atom is 0.254 e. The molecule has 0 aliphatic carbocycles. The zero-order valence-electron chi connectivity index (χ0n) is 15.4. The van der Waals surface area contributed by atoms with Crippen LogP contribution in [-0.2, 0) is 6.54 Å². The standard InChI is InChI=1S/C21H21FN4O2/c22-18-9-4-8-17(14-18)21(27)26-11-5-10-25(12-13-26)15-19-23-20(24-28-19)16-6-2-1-3-7-16/h1-4,6-9,14H,5,10-13,15H2. The Labute approximate surface area is 162 Å². The number of carbonyl (C=O) groups excluding carboxylic acids is 1. The van der Waals surface area contributed by atoms with Gasteiger partial charge in [0.1, 0.15) is 5.82 Å². The van der Waals surface area contributed by atoms with Crippen molar-refractivity contribution in [1.29, 1.82) is 0 Å². The Hall–Kier alpha value is -3.06. The quantitative estimate of drug-likeness (QED) is 0.695. The summed E-state index contributed by atoms with van der Waals surface area (Å²) in [6.45, 7) is 3.29. The van der Waals surface area contributed by atoms with Crippen molar-refractivity contribution in [3.8, 4) is 11.4 Å². The lowest BCUT2D eigenvalue weighted by atomic mass is 10.2. The summed E-state index contributed by atoms with van der Waals surface area (Å²) < 4.78 is 18.8. The van der Waals surface area contributed by atoms with Crippen molar-refractivity contribution in [1.82, 2.24) is 19.9 Å². The van der Waals surface area contributed by atoms with Gasteiger partial charge < -0.3 is 9.42 Å². The average molecular weight is 380 g/mol. The Kier molecular flexibility index (Phi) is 5.43. The van der Waals surface area contributed by atoms with Crippen LogP contribution in [0, 0.1) is 5.82 Å². The van der Waals surface area contributed by atoms with Crippen molar-refractivity contribution in [2.45, 2.75) is 13.0 Å². The number of amides is 1. The SMILES string of the molecule is O=C(c1cccc(F)c1)N1CCCN(Cc2nc(-c3ccccc3)no2)CC1. The number of aromatic nitrogens is 2. The van der Waals surface area contributed by atoms with E-state index in [4.69, 9.17) is 4.52 Å². The van der Waals surface area contributed by atoms with E-state index in [0.717, 1.165) is 18.5 Å². The molecule has 144 valence electrons. The Balaban J connectivity index is 1.37. The molecule has 0 saturated carbocycles. The smallest absolute Gasteiger partial charge is 0.254 e. The number of carbonyl (C=O) groups is 1. The number of hydrogen-bond donors (Lipinski definition) is 0. The van der Waals surface area contributed by atoms with Gasteiger partial charge in [-0.05, 0) is 24.6 Å². The molecule has 0 spiro atoms. The number of rotatable bonds is 4. The molecule has 2 heterocycles. The molecule has 0 atom stereocenters. The van der Waals surface area contributed by atoms with E-state index < -0.39 is 5.82 Å². The highest BCUT2D eigenvalue weighted by Crippen LogP contribution is 2.17. The van der Waals surface area contributed by atoms with Crippen LogP contribution in [0.1, 0.15) is 22.7 Å². The summed E-state index contributed by atoms with van der Waals surface area (Å²) in [7, 11) is 0. The van der Waals surface area contributed by atoms with E-state index in [1.807, 2.05) is 30.3 Å². The molecule has 0 bridgehead atoms. The predicted octanol–water partition coefficient (Wildman–Crippen LogP) is 3.22. The van der Waals surface area contributed by atoms with Crippen LogP contribution in [0.3, 0.4) is 0 Å².